The first kappa shape index (κ1) is 15.9. The lowest BCUT2D eigenvalue weighted by Crippen LogP contribution is -2.13. The first-order chi connectivity index (χ1) is 11.1. The summed E-state index contributed by atoms with van der Waals surface area (Å²) in [6, 6.07) is 5.37. The van der Waals surface area contributed by atoms with Gasteiger partial charge in [0.15, 0.2) is 5.13 Å². The molecular formula is C15H10Cl2N4OS. The summed E-state index contributed by atoms with van der Waals surface area (Å²) in [5.41, 5.74) is 1.19. The minimum absolute atomic E-state index is 0.241. The van der Waals surface area contributed by atoms with Gasteiger partial charge < -0.3 is 0 Å². The van der Waals surface area contributed by atoms with Crippen LogP contribution in [0.15, 0.2) is 43.0 Å². The van der Waals surface area contributed by atoms with Gasteiger partial charge in [0.1, 0.15) is 5.69 Å². The number of rotatable bonds is 4. The van der Waals surface area contributed by atoms with Crippen LogP contribution in [0.2, 0.25) is 10.0 Å². The maximum Gasteiger partial charge on any atom is 0.277 e. The van der Waals surface area contributed by atoms with Crippen LogP contribution in [-0.4, -0.2) is 20.9 Å². The van der Waals surface area contributed by atoms with Crippen molar-refractivity contribution >= 4 is 45.6 Å². The number of hydrogen-bond donors (Lipinski definition) is 1. The van der Waals surface area contributed by atoms with E-state index in [0.29, 0.717) is 21.6 Å². The monoisotopic (exact) mass is 364 g/mol. The van der Waals surface area contributed by atoms with Gasteiger partial charge in [-0.15, -0.1) is 11.3 Å². The predicted molar refractivity (Wildman–Crippen MR) is 91.4 cm³/mol. The van der Waals surface area contributed by atoms with Gasteiger partial charge in [-0.25, -0.2) is 9.97 Å². The molecule has 0 aliphatic carbocycles. The Labute approximate surface area is 146 Å². The average molecular weight is 365 g/mol. The molecule has 0 saturated heterocycles. The lowest BCUT2D eigenvalue weighted by Gasteiger charge is -2.02. The Balaban J connectivity index is 1.70. The van der Waals surface area contributed by atoms with Crippen molar-refractivity contribution in [3.63, 3.8) is 0 Å². The normalized spacial score (nSPS) is 10.5. The molecule has 3 aromatic rings. The minimum atomic E-state index is -0.344. The molecule has 0 fully saturated rings. The maximum absolute atomic E-state index is 12.0. The van der Waals surface area contributed by atoms with Crippen LogP contribution < -0.4 is 5.32 Å². The van der Waals surface area contributed by atoms with E-state index in [1.54, 1.807) is 18.3 Å². The molecule has 1 amide bonds. The van der Waals surface area contributed by atoms with E-state index in [1.807, 2.05) is 6.07 Å². The van der Waals surface area contributed by atoms with E-state index in [4.69, 9.17) is 23.2 Å². The highest BCUT2D eigenvalue weighted by Gasteiger charge is 2.11. The highest BCUT2D eigenvalue weighted by molar-refractivity contribution is 7.15. The van der Waals surface area contributed by atoms with Gasteiger partial charge in [-0.3, -0.25) is 15.1 Å². The number of benzene rings is 1. The van der Waals surface area contributed by atoms with Gasteiger partial charge in [0.05, 0.1) is 6.20 Å². The van der Waals surface area contributed by atoms with Gasteiger partial charge in [0.2, 0.25) is 0 Å². The molecule has 0 unspecified atom stereocenters. The second-order valence-electron chi connectivity index (χ2n) is 4.59. The summed E-state index contributed by atoms with van der Waals surface area (Å²) in [7, 11) is 0. The number of nitrogens with one attached hydrogen (secondary N) is 1. The maximum atomic E-state index is 12.0. The Morgan fingerprint density at radius 2 is 2.04 bits per heavy atom. The summed E-state index contributed by atoms with van der Waals surface area (Å²) in [6.07, 6.45) is 6.70. The molecule has 0 aliphatic heterocycles. The molecular weight excluding hydrogens is 355 g/mol. The molecule has 116 valence electrons. The Morgan fingerprint density at radius 3 is 2.78 bits per heavy atom. The SMILES string of the molecule is O=C(Nc1ncc(Cc2ccc(Cl)cc2Cl)s1)c1cnccn1. The van der Waals surface area contributed by atoms with E-state index in [1.165, 1.54) is 29.9 Å². The van der Waals surface area contributed by atoms with E-state index in [0.717, 1.165) is 10.4 Å². The third-order valence-corrected chi connectivity index (χ3v) is 4.45. The number of halogens is 2. The summed E-state index contributed by atoms with van der Waals surface area (Å²) in [5, 5.41) is 4.41. The number of hydrogen-bond acceptors (Lipinski definition) is 5. The van der Waals surface area contributed by atoms with E-state index in [9.17, 15) is 4.79 Å². The Kier molecular flexibility index (Phi) is 4.85. The van der Waals surface area contributed by atoms with Gasteiger partial charge in [0, 0.05) is 39.9 Å². The molecule has 0 bridgehead atoms. The zero-order chi connectivity index (χ0) is 16.2. The summed E-state index contributed by atoms with van der Waals surface area (Å²) in [6.45, 7) is 0. The molecule has 0 atom stereocenters. The standard InChI is InChI=1S/C15H10Cl2N4OS/c16-10-2-1-9(12(17)6-10)5-11-7-20-15(23-11)21-14(22)13-8-18-3-4-19-13/h1-4,6-8H,5H2,(H,20,21,22). The Bertz CT molecular complexity index is 839. The number of thiazole rings is 1. The largest absolute Gasteiger partial charge is 0.296 e. The van der Waals surface area contributed by atoms with Crippen LogP contribution >= 0.6 is 34.5 Å². The van der Waals surface area contributed by atoms with Crippen LogP contribution in [0.5, 0.6) is 0 Å². The van der Waals surface area contributed by atoms with Crippen molar-refractivity contribution in [1.82, 2.24) is 15.0 Å². The van der Waals surface area contributed by atoms with Crippen molar-refractivity contribution in [3.05, 3.63) is 69.2 Å². The number of aromatic nitrogens is 3. The van der Waals surface area contributed by atoms with Crippen molar-refractivity contribution in [1.29, 1.82) is 0 Å². The number of carbonyl (C=O) groups is 1. The zero-order valence-corrected chi connectivity index (χ0v) is 14.0. The Morgan fingerprint density at radius 1 is 1.17 bits per heavy atom. The van der Waals surface area contributed by atoms with Gasteiger partial charge in [-0.1, -0.05) is 29.3 Å². The van der Waals surface area contributed by atoms with Gasteiger partial charge in [0.25, 0.3) is 5.91 Å². The molecule has 0 saturated carbocycles. The van der Waals surface area contributed by atoms with Crippen LogP contribution in [0.1, 0.15) is 20.9 Å². The minimum Gasteiger partial charge on any atom is -0.296 e. The summed E-state index contributed by atoms with van der Waals surface area (Å²) >= 11 is 13.4. The third-order valence-electron chi connectivity index (χ3n) is 2.95. The zero-order valence-electron chi connectivity index (χ0n) is 11.7. The molecule has 0 aliphatic rings. The lowest BCUT2D eigenvalue weighted by atomic mass is 10.1. The van der Waals surface area contributed by atoms with E-state index in [-0.39, 0.29) is 11.6 Å². The fourth-order valence-corrected chi connectivity index (χ4v) is 3.18. The average Bonchev–Trinajstić information content (AvgIpc) is 2.98. The number of amides is 1. The van der Waals surface area contributed by atoms with Crippen molar-refractivity contribution < 1.29 is 4.79 Å². The number of carbonyl (C=O) groups excluding carboxylic acids is 1. The summed E-state index contributed by atoms with van der Waals surface area (Å²) in [4.78, 5) is 25.0. The molecule has 2 heterocycles. The second kappa shape index (κ2) is 7.04. The smallest absolute Gasteiger partial charge is 0.277 e. The third kappa shape index (κ3) is 4.04. The molecule has 23 heavy (non-hydrogen) atoms. The molecule has 3 rings (SSSR count). The van der Waals surface area contributed by atoms with Crippen molar-refractivity contribution in [2.24, 2.45) is 0 Å². The lowest BCUT2D eigenvalue weighted by molar-refractivity contribution is 0.102. The van der Waals surface area contributed by atoms with Crippen LogP contribution in [0.3, 0.4) is 0 Å². The first-order valence-electron chi connectivity index (χ1n) is 6.58. The van der Waals surface area contributed by atoms with Crippen LogP contribution in [0.4, 0.5) is 5.13 Å². The topological polar surface area (TPSA) is 67.8 Å². The van der Waals surface area contributed by atoms with Crippen molar-refractivity contribution in [2.75, 3.05) is 5.32 Å². The predicted octanol–water partition coefficient (Wildman–Crippen LogP) is 4.08. The molecule has 5 nitrogen and oxygen atoms in total. The van der Waals surface area contributed by atoms with Gasteiger partial charge >= 0.3 is 0 Å². The van der Waals surface area contributed by atoms with E-state index in [2.05, 4.69) is 20.3 Å². The molecule has 1 N–H and O–H groups in total. The highest BCUT2D eigenvalue weighted by Crippen LogP contribution is 2.27. The quantitative estimate of drug-likeness (QED) is 0.756. The highest BCUT2D eigenvalue weighted by atomic mass is 35.5. The number of anilines is 1. The van der Waals surface area contributed by atoms with Crippen molar-refractivity contribution in [3.8, 4) is 0 Å². The van der Waals surface area contributed by atoms with E-state index < -0.39 is 0 Å². The molecule has 2 aromatic heterocycles. The van der Waals surface area contributed by atoms with Crippen molar-refractivity contribution in [2.45, 2.75) is 6.42 Å². The Hall–Kier alpha value is -2.02. The van der Waals surface area contributed by atoms with Gasteiger partial charge in [-0.2, -0.15) is 0 Å². The fraction of sp³-hybridized carbons (Fsp3) is 0.0667. The van der Waals surface area contributed by atoms with Crippen LogP contribution in [-0.2, 0) is 6.42 Å². The summed E-state index contributed by atoms with van der Waals surface area (Å²) < 4.78 is 0. The molecule has 0 spiro atoms. The second-order valence-corrected chi connectivity index (χ2v) is 6.55. The van der Waals surface area contributed by atoms with E-state index >= 15 is 0 Å². The van der Waals surface area contributed by atoms with Crippen LogP contribution in [0.25, 0.3) is 0 Å². The van der Waals surface area contributed by atoms with Gasteiger partial charge in [-0.05, 0) is 17.7 Å². The fourth-order valence-electron chi connectivity index (χ4n) is 1.88. The number of nitrogens with zero attached hydrogens (tertiary/aromatic N) is 3. The molecule has 0 radical (unpaired) electrons. The molecule has 1 aromatic carbocycles. The van der Waals surface area contributed by atoms with Crippen LogP contribution in [0, 0.1) is 0 Å². The summed E-state index contributed by atoms with van der Waals surface area (Å²) in [5.74, 6) is -0.344. The molecule has 8 heteroatoms. The first-order valence-corrected chi connectivity index (χ1v) is 8.15.